The summed E-state index contributed by atoms with van der Waals surface area (Å²) >= 11 is 1.59. The van der Waals surface area contributed by atoms with Gasteiger partial charge in [0, 0.05) is 10.4 Å². The number of carbonyl (C=O) groups excluding carboxylic acids is 1. The topological polar surface area (TPSA) is 39.2 Å². The van der Waals surface area contributed by atoms with Crippen LogP contribution in [0.3, 0.4) is 0 Å². The molecule has 0 fully saturated rings. The van der Waals surface area contributed by atoms with E-state index < -0.39 is 0 Å². The van der Waals surface area contributed by atoms with Crippen molar-refractivity contribution in [3.05, 3.63) is 45.4 Å². The van der Waals surface area contributed by atoms with Crippen LogP contribution in [0.2, 0.25) is 0 Å². The first kappa shape index (κ1) is 12.8. The van der Waals surface area contributed by atoms with E-state index >= 15 is 0 Å². The largest absolute Gasteiger partial charge is 0.497 e. The second-order valence-corrected chi connectivity index (χ2v) is 5.37. The zero-order valence-corrected chi connectivity index (χ0v) is 11.5. The van der Waals surface area contributed by atoms with Crippen LogP contribution in [0.1, 0.15) is 25.9 Å². The Labute approximate surface area is 110 Å². The predicted octanol–water partition coefficient (Wildman–Crippen LogP) is 3.19. The molecule has 1 aromatic heterocycles. The van der Waals surface area contributed by atoms with Crippen LogP contribution in [0.4, 0.5) is 0 Å². The smallest absolute Gasteiger partial charge is 0.169 e. The molecule has 2 rings (SSSR count). The number of nitrogens with zero attached hydrogens (tertiary/aromatic N) is 1. The van der Waals surface area contributed by atoms with Gasteiger partial charge in [-0.05, 0) is 38.1 Å². The number of carbonyl (C=O) groups is 1. The van der Waals surface area contributed by atoms with Gasteiger partial charge in [0.2, 0.25) is 0 Å². The molecular weight excluding hydrogens is 246 g/mol. The van der Waals surface area contributed by atoms with Gasteiger partial charge in [-0.15, -0.1) is 11.3 Å². The minimum atomic E-state index is 0.0893. The molecule has 0 aliphatic rings. The van der Waals surface area contributed by atoms with Gasteiger partial charge in [0.25, 0.3) is 0 Å². The van der Waals surface area contributed by atoms with E-state index in [0.717, 1.165) is 16.5 Å². The number of aromatic nitrogens is 1. The number of aryl methyl sites for hydroxylation is 2. The number of hydrogen-bond donors (Lipinski definition) is 0. The lowest BCUT2D eigenvalue weighted by Crippen LogP contribution is -2.03. The predicted molar refractivity (Wildman–Crippen MR) is 72.6 cm³/mol. The maximum absolute atomic E-state index is 12.1. The maximum atomic E-state index is 12.1. The van der Waals surface area contributed by atoms with E-state index in [1.54, 1.807) is 42.7 Å². The molecule has 0 radical (unpaired) electrons. The van der Waals surface area contributed by atoms with Crippen molar-refractivity contribution in [2.45, 2.75) is 20.3 Å². The van der Waals surface area contributed by atoms with Gasteiger partial charge in [-0.2, -0.15) is 0 Å². The summed E-state index contributed by atoms with van der Waals surface area (Å²) in [5, 5.41) is 0.880. The second kappa shape index (κ2) is 5.31. The van der Waals surface area contributed by atoms with Gasteiger partial charge in [0.15, 0.2) is 5.78 Å². The third kappa shape index (κ3) is 2.76. The van der Waals surface area contributed by atoms with Gasteiger partial charge in [0.05, 0.1) is 19.2 Å². The van der Waals surface area contributed by atoms with Crippen molar-refractivity contribution in [2.75, 3.05) is 7.11 Å². The molecule has 1 heterocycles. The Balaban J connectivity index is 2.11. The van der Waals surface area contributed by atoms with E-state index in [-0.39, 0.29) is 5.78 Å². The van der Waals surface area contributed by atoms with Gasteiger partial charge >= 0.3 is 0 Å². The summed E-state index contributed by atoms with van der Waals surface area (Å²) in [6, 6.07) is 7.17. The molecule has 94 valence electrons. The van der Waals surface area contributed by atoms with Crippen molar-refractivity contribution in [1.29, 1.82) is 0 Å². The van der Waals surface area contributed by atoms with Crippen molar-refractivity contribution < 1.29 is 9.53 Å². The number of benzene rings is 1. The number of ether oxygens (including phenoxy) is 1. The highest BCUT2D eigenvalue weighted by atomic mass is 32.1. The Bertz CT molecular complexity index is 538. The van der Waals surface area contributed by atoms with Gasteiger partial charge < -0.3 is 4.74 Å². The number of thiazole rings is 1. The maximum Gasteiger partial charge on any atom is 0.169 e. The molecule has 0 aliphatic carbocycles. The summed E-state index contributed by atoms with van der Waals surface area (Å²) in [6.45, 7) is 3.99. The number of methoxy groups -OCH3 is 1. The average Bonchev–Trinajstić information content (AvgIpc) is 2.68. The molecule has 0 aliphatic heterocycles. The van der Waals surface area contributed by atoms with Crippen LogP contribution in [0, 0.1) is 13.8 Å². The minimum absolute atomic E-state index is 0.0893. The highest BCUT2D eigenvalue weighted by Crippen LogP contribution is 2.19. The fraction of sp³-hybridized carbons (Fsp3) is 0.286. The highest BCUT2D eigenvalue weighted by Gasteiger charge is 2.11. The second-order valence-electron chi connectivity index (χ2n) is 4.08. The van der Waals surface area contributed by atoms with E-state index in [0.29, 0.717) is 12.0 Å². The van der Waals surface area contributed by atoms with Gasteiger partial charge in [0.1, 0.15) is 10.8 Å². The molecule has 0 N–H and O–H groups in total. The molecule has 0 spiro atoms. The van der Waals surface area contributed by atoms with E-state index in [9.17, 15) is 4.79 Å². The lowest BCUT2D eigenvalue weighted by atomic mass is 10.1. The zero-order chi connectivity index (χ0) is 13.1. The number of ketones is 1. The zero-order valence-electron chi connectivity index (χ0n) is 10.7. The van der Waals surface area contributed by atoms with E-state index in [1.165, 1.54) is 4.88 Å². The molecular formula is C14H15NO2S. The summed E-state index contributed by atoms with van der Waals surface area (Å²) in [6.07, 6.45) is 0.367. The van der Waals surface area contributed by atoms with Crippen LogP contribution in [0.25, 0.3) is 0 Å². The average molecular weight is 261 g/mol. The molecule has 1 aromatic carbocycles. The van der Waals surface area contributed by atoms with Crippen molar-refractivity contribution in [2.24, 2.45) is 0 Å². The van der Waals surface area contributed by atoms with Gasteiger partial charge in [-0.25, -0.2) is 4.98 Å². The Kier molecular flexibility index (Phi) is 3.77. The molecule has 4 heteroatoms. The molecule has 3 nitrogen and oxygen atoms in total. The van der Waals surface area contributed by atoms with Crippen LogP contribution in [-0.2, 0) is 6.42 Å². The van der Waals surface area contributed by atoms with E-state index in [2.05, 4.69) is 4.98 Å². The summed E-state index contributed by atoms with van der Waals surface area (Å²) in [4.78, 5) is 17.6. The molecule has 0 atom stereocenters. The molecule has 0 saturated carbocycles. The van der Waals surface area contributed by atoms with E-state index in [1.807, 2.05) is 13.8 Å². The van der Waals surface area contributed by atoms with Crippen LogP contribution >= 0.6 is 11.3 Å². The quantitative estimate of drug-likeness (QED) is 0.793. The van der Waals surface area contributed by atoms with Gasteiger partial charge in [-0.1, -0.05) is 0 Å². The lowest BCUT2D eigenvalue weighted by Gasteiger charge is -2.01. The normalized spacial score (nSPS) is 10.4. The lowest BCUT2D eigenvalue weighted by molar-refractivity contribution is 0.0993. The summed E-state index contributed by atoms with van der Waals surface area (Å²) in [5.41, 5.74) is 1.71. The molecule has 18 heavy (non-hydrogen) atoms. The summed E-state index contributed by atoms with van der Waals surface area (Å²) < 4.78 is 5.06. The first-order chi connectivity index (χ1) is 8.60. The summed E-state index contributed by atoms with van der Waals surface area (Å²) in [5.74, 6) is 0.846. The standard InChI is InChI=1S/C14H15NO2S/c1-9-10(2)18-14(15-9)8-13(16)11-4-6-12(17-3)7-5-11/h4-7H,8H2,1-3H3. The fourth-order valence-electron chi connectivity index (χ4n) is 1.63. The monoisotopic (exact) mass is 261 g/mol. The Morgan fingerprint density at radius 2 is 1.94 bits per heavy atom. The third-order valence-electron chi connectivity index (χ3n) is 2.80. The number of hydrogen-bond acceptors (Lipinski definition) is 4. The number of Topliss-reactive ketones (excluding diaryl/α,β-unsaturated/α-hetero) is 1. The van der Waals surface area contributed by atoms with Crippen molar-refractivity contribution >= 4 is 17.1 Å². The summed E-state index contributed by atoms with van der Waals surface area (Å²) in [7, 11) is 1.61. The van der Waals surface area contributed by atoms with Crippen LogP contribution < -0.4 is 4.74 Å². The highest BCUT2D eigenvalue weighted by molar-refractivity contribution is 7.11. The Morgan fingerprint density at radius 1 is 1.28 bits per heavy atom. The number of rotatable bonds is 4. The minimum Gasteiger partial charge on any atom is -0.497 e. The van der Waals surface area contributed by atoms with Crippen molar-refractivity contribution in [3.63, 3.8) is 0 Å². The van der Waals surface area contributed by atoms with Crippen LogP contribution in [0.15, 0.2) is 24.3 Å². The molecule has 2 aromatic rings. The first-order valence-corrected chi connectivity index (χ1v) is 6.52. The van der Waals surface area contributed by atoms with Crippen LogP contribution in [-0.4, -0.2) is 17.9 Å². The molecule has 0 bridgehead atoms. The van der Waals surface area contributed by atoms with E-state index in [4.69, 9.17) is 4.74 Å². The molecule has 0 unspecified atom stereocenters. The van der Waals surface area contributed by atoms with Crippen molar-refractivity contribution in [3.8, 4) is 5.75 Å². The first-order valence-electron chi connectivity index (χ1n) is 5.70. The SMILES string of the molecule is COc1ccc(C(=O)Cc2nc(C)c(C)s2)cc1. The third-order valence-corrected chi connectivity index (χ3v) is 3.87. The fourth-order valence-corrected chi connectivity index (χ4v) is 2.56. The molecule has 0 amide bonds. The van der Waals surface area contributed by atoms with Gasteiger partial charge in [-0.3, -0.25) is 4.79 Å². The Morgan fingerprint density at radius 3 is 2.44 bits per heavy atom. The molecule has 0 saturated heterocycles. The van der Waals surface area contributed by atoms with Crippen molar-refractivity contribution in [1.82, 2.24) is 4.98 Å². The van der Waals surface area contributed by atoms with Crippen LogP contribution in [0.5, 0.6) is 5.75 Å². The Hall–Kier alpha value is -1.68.